The maximum absolute atomic E-state index is 12.0. The van der Waals surface area contributed by atoms with Crippen LogP contribution in [0, 0.1) is 0 Å². The first-order valence-corrected chi connectivity index (χ1v) is 6.82. The Hall–Kier alpha value is -0.660. The highest BCUT2D eigenvalue weighted by Crippen LogP contribution is 2.33. The number of morpholine rings is 1. The van der Waals surface area contributed by atoms with Crippen LogP contribution < -0.4 is 0 Å². The molecule has 1 aliphatic carbocycles. The molecule has 1 heterocycles. The molecule has 0 aromatic heterocycles. The van der Waals surface area contributed by atoms with E-state index in [-0.39, 0.29) is 24.8 Å². The first-order chi connectivity index (χ1) is 7.51. The van der Waals surface area contributed by atoms with Gasteiger partial charge in [0.15, 0.2) is 0 Å². The number of ether oxygens (including phenoxy) is 1. The lowest BCUT2D eigenvalue weighted by atomic mass is 10.2. The van der Waals surface area contributed by atoms with Gasteiger partial charge in [0.05, 0.1) is 30.9 Å². The Labute approximate surface area is 94.2 Å². The summed E-state index contributed by atoms with van der Waals surface area (Å²) in [6.45, 7) is 0.803. The molecule has 92 valence electrons. The van der Waals surface area contributed by atoms with Crippen LogP contribution in [0.25, 0.3) is 0 Å². The third-order valence-corrected chi connectivity index (χ3v) is 5.30. The number of carboxylic acid groups (broad SMARTS) is 1. The highest BCUT2D eigenvalue weighted by Gasteiger charge is 2.44. The van der Waals surface area contributed by atoms with E-state index in [1.807, 2.05) is 0 Å². The summed E-state index contributed by atoms with van der Waals surface area (Å²) in [5.74, 6) is -0.994. The minimum Gasteiger partial charge on any atom is -0.481 e. The van der Waals surface area contributed by atoms with Crippen molar-refractivity contribution in [2.45, 2.75) is 30.6 Å². The molecule has 2 aliphatic rings. The number of nitrogens with zero attached hydrogens (tertiary/aromatic N) is 1. The molecule has 0 aromatic rings. The van der Waals surface area contributed by atoms with E-state index in [4.69, 9.17) is 9.84 Å². The Morgan fingerprint density at radius 1 is 1.44 bits per heavy atom. The Morgan fingerprint density at radius 3 is 2.69 bits per heavy atom. The van der Waals surface area contributed by atoms with Gasteiger partial charge in [0.2, 0.25) is 10.0 Å². The molecule has 1 saturated carbocycles. The number of rotatable bonds is 4. The zero-order valence-corrected chi connectivity index (χ0v) is 9.65. The fourth-order valence-electron chi connectivity index (χ4n) is 1.89. The lowest BCUT2D eigenvalue weighted by molar-refractivity contribution is -0.139. The van der Waals surface area contributed by atoms with Crippen LogP contribution in [0.15, 0.2) is 0 Å². The number of carbonyl (C=O) groups is 1. The molecule has 1 atom stereocenters. The molecular formula is C9H15NO5S. The SMILES string of the molecule is O=C(O)CC1COCCN1S(=O)(=O)C1CC1. The van der Waals surface area contributed by atoms with Crippen LogP contribution in [0.1, 0.15) is 19.3 Å². The van der Waals surface area contributed by atoms with E-state index in [1.165, 1.54) is 4.31 Å². The fourth-order valence-corrected chi connectivity index (χ4v) is 3.89. The standard InChI is InChI=1S/C9H15NO5S/c11-9(12)5-7-6-15-4-3-10(7)16(13,14)8-1-2-8/h7-8H,1-6H2,(H,11,12). The minimum absolute atomic E-state index is 0.179. The number of carboxylic acids is 1. The van der Waals surface area contributed by atoms with Crippen molar-refractivity contribution < 1.29 is 23.1 Å². The molecule has 0 bridgehead atoms. The van der Waals surface area contributed by atoms with Gasteiger partial charge in [-0.25, -0.2) is 8.42 Å². The van der Waals surface area contributed by atoms with E-state index in [9.17, 15) is 13.2 Å². The molecule has 0 amide bonds. The predicted molar refractivity (Wildman–Crippen MR) is 55.5 cm³/mol. The molecule has 16 heavy (non-hydrogen) atoms. The summed E-state index contributed by atoms with van der Waals surface area (Å²) in [6.07, 6.45) is 1.20. The second-order valence-corrected chi connectivity index (χ2v) is 6.35. The molecule has 1 N–H and O–H groups in total. The zero-order valence-electron chi connectivity index (χ0n) is 8.83. The van der Waals surface area contributed by atoms with Gasteiger partial charge in [-0.05, 0) is 12.8 Å². The Morgan fingerprint density at radius 2 is 2.12 bits per heavy atom. The van der Waals surface area contributed by atoms with E-state index in [0.717, 1.165) is 0 Å². The van der Waals surface area contributed by atoms with E-state index in [1.54, 1.807) is 0 Å². The van der Waals surface area contributed by atoms with Crippen LogP contribution in [0.4, 0.5) is 0 Å². The normalized spacial score (nSPS) is 27.9. The van der Waals surface area contributed by atoms with Crippen LogP contribution in [0.2, 0.25) is 0 Å². The Bertz CT molecular complexity index is 375. The first kappa shape index (κ1) is 11.8. The van der Waals surface area contributed by atoms with Gasteiger partial charge in [0.25, 0.3) is 0 Å². The van der Waals surface area contributed by atoms with E-state index in [0.29, 0.717) is 19.4 Å². The van der Waals surface area contributed by atoms with Crippen LogP contribution in [0.5, 0.6) is 0 Å². The molecule has 0 radical (unpaired) electrons. The van der Waals surface area contributed by atoms with Crippen molar-refractivity contribution in [3.05, 3.63) is 0 Å². The van der Waals surface area contributed by atoms with Gasteiger partial charge in [-0.1, -0.05) is 0 Å². The van der Waals surface area contributed by atoms with Gasteiger partial charge in [0, 0.05) is 6.54 Å². The summed E-state index contributed by atoms with van der Waals surface area (Å²) in [5.41, 5.74) is 0. The van der Waals surface area contributed by atoms with Crippen molar-refractivity contribution in [1.29, 1.82) is 0 Å². The third-order valence-electron chi connectivity index (χ3n) is 2.86. The van der Waals surface area contributed by atoms with E-state index >= 15 is 0 Å². The lowest BCUT2D eigenvalue weighted by Gasteiger charge is -2.33. The van der Waals surface area contributed by atoms with Crippen molar-refractivity contribution in [2.24, 2.45) is 0 Å². The number of sulfonamides is 1. The van der Waals surface area contributed by atoms with Gasteiger partial charge in [-0.3, -0.25) is 4.79 Å². The molecule has 1 unspecified atom stereocenters. The topological polar surface area (TPSA) is 83.9 Å². The third kappa shape index (κ3) is 2.36. The lowest BCUT2D eigenvalue weighted by Crippen LogP contribution is -2.50. The average molecular weight is 249 g/mol. The summed E-state index contributed by atoms with van der Waals surface area (Å²) in [4.78, 5) is 10.6. The van der Waals surface area contributed by atoms with Crippen molar-refractivity contribution in [1.82, 2.24) is 4.31 Å². The van der Waals surface area contributed by atoms with Crippen LogP contribution >= 0.6 is 0 Å². The molecular weight excluding hydrogens is 234 g/mol. The predicted octanol–water partition coefficient (Wildman–Crippen LogP) is -0.346. The Balaban J connectivity index is 2.12. The largest absolute Gasteiger partial charge is 0.481 e. The van der Waals surface area contributed by atoms with Crippen molar-refractivity contribution >= 4 is 16.0 Å². The summed E-state index contributed by atoms with van der Waals surface area (Å²) in [6, 6.07) is -0.545. The molecule has 2 fully saturated rings. The smallest absolute Gasteiger partial charge is 0.305 e. The number of aliphatic carboxylic acids is 1. The van der Waals surface area contributed by atoms with E-state index in [2.05, 4.69) is 0 Å². The highest BCUT2D eigenvalue weighted by atomic mass is 32.2. The quantitative estimate of drug-likeness (QED) is 0.736. The highest BCUT2D eigenvalue weighted by molar-refractivity contribution is 7.90. The Kier molecular flexibility index (Phi) is 3.18. The maximum Gasteiger partial charge on any atom is 0.305 e. The molecule has 7 heteroatoms. The maximum atomic E-state index is 12.0. The summed E-state index contributed by atoms with van der Waals surface area (Å²) in [5, 5.41) is 8.44. The number of hydrogen-bond acceptors (Lipinski definition) is 4. The van der Waals surface area contributed by atoms with Crippen molar-refractivity contribution in [3.63, 3.8) is 0 Å². The summed E-state index contributed by atoms with van der Waals surface area (Å²) >= 11 is 0. The summed E-state index contributed by atoms with van der Waals surface area (Å²) < 4.78 is 30.5. The second-order valence-electron chi connectivity index (χ2n) is 4.18. The monoisotopic (exact) mass is 249 g/mol. The van der Waals surface area contributed by atoms with Crippen LogP contribution in [-0.2, 0) is 19.6 Å². The molecule has 6 nitrogen and oxygen atoms in total. The van der Waals surface area contributed by atoms with Crippen LogP contribution in [-0.4, -0.2) is 54.8 Å². The van der Waals surface area contributed by atoms with Gasteiger partial charge < -0.3 is 9.84 Å². The molecule has 1 saturated heterocycles. The fraction of sp³-hybridized carbons (Fsp3) is 0.889. The van der Waals surface area contributed by atoms with Crippen molar-refractivity contribution in [2.75, 3.05) is 19.8 Å². The minimum atomic E-state index is -3.29. The molecule has 0 aromatic carbocycles. The zero-order chi connectivity index (χ0) is 11.8. The second kappa shape index (κ2) is 4.31. The van der Waals surface area contributed by atoms with E-state index < -0.39 is 22.0 Å². The molecule has 2 rings (SSSR count). The molecule has 1 aliphatic heterocycles. The van der Waals surface area contributed by atoms with Gasteiger partial charge in [-0.15, -0.1) is 0 Å². The average Bonchev–Trinajstić information content (AvgIpc) is 3.00. The number of hydrogen-bond donors (Lipinski definition) is 1. The van der Waals surface area contributed by atoms with Gasteiger partial charge >= 0.3 is 5.97 Å². The summed E-state index contributed by atoms with van der Waals surface area (Å²) in [7, 11) is -3.29. The van der Waals surface area contributed by atoms with Crippen molar-refractivity contribution in [3.8, 4) is 0 Å². The molecule has 0 spiro atoms. The van der Waals surface area contributed by atoms with Gasteiger partial charge in [-0.2, -0.15) is 4.31 Å². The first-order valence-electron chi connectivity index (χ1n) is 5.32. The van der Waals surface area contributed by atoms with Crippen LogP contribution in [0.3, 0.4) is 0 Å². The van der Waals surface area contributed by atoms with Gasteiger partial charge in [0.1, 0.15) is 0 Å².